The van der Waals surface area contributed by atoms with Gasteiger partial charge in [-0.2, -0.15) is 18.2 Å². The second-order valence-corrected chi connectivity index (χ2v) is 7.65. The zero-order chi connectivity index (χ0) is 21.7. The van der Waals surface area contributed by atoms with Crippen LogP contribution < -0.4 is 0 Å². The summed E-state index contributed by atoms with van der Waals surface area (Å²) in [5.74, 6) is 0.825. The van der Waals surface area contributed by atoms with Crippen molar-refractivity contribution < 1.29 is 22.4 Å². The largest absolute Gasteiger partial charge is 0.416 e. The summed E-state index contributed by atoms with van der Waals surface area (Å²) in [6.07, 6.45) is 1.45. The van der Waals surface area contributed by atoms with Crippen LogP contribution in [0.5, 0.6) is 0 Å². The van der Waals surface area contributed by atoms with Gasteiger partial charge in [0.25, 0.3) is 0 Å². The molecule has 0 spiro atoms. The fourth-order valence-corrected chi connectivity index (χ4v) is 3.65. The second kappa shape index (κ2) is 9.57. The molecule has 0 bridgehead atoms. The summed E-state index contributed by atoms with van der Waals surface area (Å²) in [4.78, 5) is 10.6. The van der Waals surface area contributed by atoms with E-state index in [1.54, 1.807) is 18.5 Å². The van der Waals surface area contributed by atoms with Gasteiger partial charge in [-0.25, -0.2) is 0 Å². The maximum Gasteiger partial charge on any atom is 0.416 e. The van der Waals surface area contributed by atoms with Gasteiger partial charge in [0.1, 0.15) is 0 Å². The zero-order valence-corrected chi connectivity index (χ0v) is 16.9. The highest BCUT2D eigenvalue weighted by Gasteiger charge is 2.30. The Kier molecular flexibility index (Phi) is 6.62. The highest BCUT2D eigenvalue weighted by atomic mass is 19.4. The Bertz CT molecular complexity index is 978. The van der Waals surface area contributed by atoms with E-state index in [4.69, 9.17) is 9.26 Å². The first-order valence-electron chi connectivity index (χ1n) is 10.2. The molecule has 1 unspecified atom stereocenters. The minimum atomic E-state index is -4.37. The number of hydrogen-bond acceptors (Lipinski definition) is 6. The molecule has 3 aromatic rings. The third-order valence-electron chi connectivity index (χ3n) is 5.16. The Morgan fingerprint density at radius 3 is 2.84 bits per heavy atom. The smallest absolute Gasteiger partial charge is 0.372 e. The van der Waals surface area contributed by atoms with Gasteiger partial charge in [-0.3, -0.25) is 9.88 Å². The molecule has 0 amide bonds. The summed E-state index contributed by atoms with van der Waals surface area (Å²) in [6, 6.07) is 9.05. The monoisotopic (exact) mass is 432 g/mol. The number of alkyl halides is 3. The molecule has 2 aromatic heterocycles. The van der Waals surface area contributed by atoms with Gasteiger partial charge in [-0.1, -0.05) is 29.4 Å². The molecular formula is C22H23F3N4O2. The topological polar surface area (TPSA) is 64.3 Å². The minimum Gasteiger partial charge on any atom is -0.372 e. The molecule has 0 radical (unpaired) electrons. The molecule has 3 heterocycles. The van der Waals surface area contributed by atoms with E-state index in [0.29, 0.717) is 30.4 Å². The standard InChI is InChI=1S/C22H23F3N4O2/c23-22(24,25)18-6-1-4-16(10-18)11-20-27-21(31-28-20)14-29-9-3-7-19(13-29)30-15-17-5-2-8-26-12-17/h1-2,4-6,8,10,12,19H,3,7,9,11,13-15H2. The van der Waals surface area contributed by atoms with Crippen molar-refractivity contribution in [3.05, 3.63) is 77.2 Å². The maximum absolute atomic E-state index is 12.9. The average Bonchev–Trinajstić information content (AvgIpc) is 3.19. The van der Waals surface area contributed by atoms with Gasteiger partial charge < -0.3 is 9.26 Å². The first-order valence-corrected chi connectivity index (χ1v) is 10.2. The number of nitrogens with zero attached hydrogens (tertiary/aromatic N) is 4. The quantitative estimate of drug-likeness (QED) is 0.556. The maximum atomic E-state index is 12.9. The van der Waals surface area contributed by atoms with Crippen molar-refractivity contribution in [2.45, 2.75) is 44.7 Å². The molecule has 1 fully saturated rings. The molecule has 1 aromatic carbocycles. The Morgan fingerprint density at radius 1 is 1.16 bits per heavy atom. The van der Waals surface area contributed by atoms with Gasteiger partial charge in [0.05, 0.1) is 24.8 Å². The second-order valence-electron chi connectivity index (χ2n) is 7.65. The van der Waals surface area contributed by atoms with Crippen molar-refractivity contribution in [2.75, 3.05) is 13.1 Å². The Morgan fingerprint density at radius 2 is 2.03 bits per heavy atom. The van der Waals surface area contributed by atoms with Crippen molar-refractivity contribution in [3.63, 3.8) is 0 Å². The molecule has 1 atom stereocenters. The molecule has 0 N–H and O–H groups in total. The summed E-state index contributed by atoms with van der Waals surface area (Å²) in [6.45, 7) is 2.67. The first kappa shape index (κ1) is 21.5. The molecule has 6 nitrogen and oxygen atoms in total. The van der Waals surface area contributed by atoms with E-state index >= 15 is 0 Å². The predicted molar refractivity (Wildman–Crippen MR) is 106 cm³/mol. The third-order valence-corrected chi connectivity index (χ3v) is 5.16. The van der Waals surface area contributed by atoms with Crippen LogP contribution in [0.3, 0.4) is 0 Å². The van der Waals surface area contributed by atoms with E-state index in [1.807, 2.05) is 12.1 Å². The van der Waals surface area contributed by atoms with Crippen LogP contribution in [0.4, 0.5) is 13.2 Å². The number of benzene rings is 1. The number of ether oxygens (including phenoxy) is 1. The molecule has 31 heavy (non-hydrogen) atoms. The van der Waals surface area contributed by atoms with Crippen LogP contribution in [0, 0.1) is 0 Å². The van der Waals surface area contributed by atoms with Gasteiger partial charge in [0.15, 0.2) is 5.82 Å². The molecule has 0 saturated carbocycles. The van der Waals surface area contributed by atoms with Crippen molar-refractivity contribution in [1.82, 2.24) is 20.0 Å². The number of likely N-dealkylation sites (tertiary alicyclic amines) is 1. The summed E-state index contributed by atoms with van der Waals surface area (Å²) in [7, 11) is 0. The van der Waals surface area contributed by atoms with Crippen LogP contribution in [0.1, 0.15) is 41.2 Å². The van der Waals surface area contributed by atoms with E-state index in [-0.39, 0.29) is 12.5 Å². The van der Waals surface area contributed by atoms with Crippen LogP contribution in [-0.4, -0.2) is 39.2 Å². The first-order chi connectivity index (χ1) is 15.0. The fraction of sp³-hybridized carbons (Fsp3) is 0.409. The molecular weight excluding hydrogens is 409 g/mol. The van der Waals surface area contributed by atoms with Crippen LogP contribution in [0.15, 0.2) is 53.3 Å². The predicted octanol–water partition coefficient (Wildman–Crippen LogP) is 4.26. The van der Waals surface area contributed by atoms with Crippen molar-refractivity contribution in [1.29, 1.82) is 0 Å². The Balaban J connectivity index is 1.30. The number of hydrogen-bond donors (Lipinski definition) is 0. The summed E-state index contributed by atoms with van der Waals surface area (Å²) >= 11 is 0. The van der Waals surface area contributed by atoms with E-state index in [9.17, 15) is 13.2 Å². The fourth-order valence-electron chi connectivity index (χ4n) is 3.65. The molecule has 4 rings (SSSR count). The molecule has 9 heteroatoms. The zero-order valence-electron chi connectivity index (χ0n) is 16.9. The SMILES string of the molecule is FC(F)(F)c1cccc(Cc2noc(CN3CCCC(OCc4cccnc4)C3)n2)c1. The van der Waals surface area contributed by atoms with Gasteiger partial charge >= 0.3 is 6.18 Å². The van der Waals surface area contributed by atoms with E-state index in [1.165, 1.54) is 6.07 Å². The lowest BCUT2D eigenvalue weighted by molar-refractivity contribution is -0.137. The average molecular weight is 432 g/mol. The molecule has 1 saturated heterocycles. The van der Waals surface area contributed by atoms with Gasteiger partial charge in [-0.05, 0) is 42.6 Å². The minimum absolute atomic E-state index is 0.112. The lowest BCUT2D eigenvalue weighted by atomic mass is 10.1. The normalized spacial score (nSPS) is 17.7. The number of piperidine rings is 1. The molecule has 1 aliphatic rings. The summed E-state index contributed by atoms with van der Waals surface area (Å²) < 4.78 is 50.0. The summed E-state index contributed by atoms with van der Waals surface area (Å²) in [5.41, 5.74) is 0.846. The Hall–Kier alpha value is -2.78. The molecule has 0 aliphatic carbocycles. The van der Waals surface area contributed by atoms with Crippen LogP contribution in [0.25, 0.3) is 0 Å². The van der Waals surface area contributed by atoms with Gasteiger partial charge in [0.2, 0.25) is 5.89 Å². The van der Waals surface area contributed by atoms with Gasteiger partial charge in [-0.15, -0.1) is 0 Å². The molecule has 164 valence electrons. The lowest BCUT2D eigenvalue weighted by Crippen LogP contribution is -2.39. The van der Waals surface area contributed by atoms with Crippen molar-refractivity contribution in [2.24, 2.45) is 0 Å². The highest BCUT2D eigenvalue weighted by molar-refractivity contribution is 5.27. The van der Waals surface area contributed by atoms with Crippen LogP contribution in [-0.2, 0) is 30.5 Å². The number of aromatic nitrogens is 3. The van der Waals surface area contributed by atoms with E-state index in [0.717, 1.165) is 43.6 Å². The molecule has 1 aliphatic heterocycles. The van der Waals surface area contributed by atoms with E-state index in [2.05, 4.69) is 20.0 Å². The number of pyridine rings is 1. The lowest BCUT2D eigenvalue weighted by Gasteiger charge is -2.31. The van der Waals surface area contributed by atoms with Crippen LogP contribution in [0.2, 0.25) is 0 Å². The Labute approximate surface area is 178 Å². The summed E-state index contributed by atoms with van der Waals surface area (Å²) in [5, 5.41) is 3.93. The number of halogens is 3. The van der Waals surface area contributed by atoms with Crippen LogP contribution >= 0.6 is 0 Å². The van der Waals surface area contributed by atoms with Crippen molar-refractivity contribution >= 4 is 0 Å². The van der Waals surface area contributed by atoms with E-state index < -0.39 is 11.7 Å². The van der Waals surface area contributed by atoms with Crippen molar-refractivity contribution in [3.8, 4) is 0 Å². The third kappa shape index (κ3) is 6.11. The van der Waals surface area contributed by atoms with Gasteiger partial charge in [0, 0.05) is 25.4 Å². The number of rotatable bonds is 7. The highest BCUT2D eigenvalue weighted by Crippen LogP contribution is 2.29.